The summed E-state index contributed by atoms with van der Waals surface area (Å²) in [6, 6.07) is 0.648. The molecule has 0 aromatic carbocycles. The zero-order valence-corrected chi connectivity index (χ0v) is 8.80. The minimum Gasteiger partial charge on any atom is -0.480 e. The van der Waals surface area contributed by atoms with Crippen LogP contribution in [0.3, 0.4) is 0 Å². The van der Waals surface area contributed by atoms with E-state index in [-0.39, 0.29) is 19.0 Å². The summed E-state index contributed by atoms with van der Waals surface area (Å²) in [5, 5.41) is 11.9. The number of hydrogen-bond acceptors (Lipinski definition) is 3. The van der Waals surface area contributed by atoms with Crippen LogP contribution in [0.4, 0.5) is 0 Å². The SMILES string of the molecule is C[C@@H]1CNC[C@H](C)N1CC(=O)O.Cl. The fourth-order valence-corrected chi connectivity index (χ4v) is 1.64. The molecule has 1 rings (SSSR count). The first-order valence-electron chi connectivity index (χ1n) is 4.29. The largest absolute Gasteiger partial charge is 0.480 e. The van der Waals surface area contributed by atoms with Gasteiger partial charge >= 0.3 is 5.97 Å². The van der Waals surface area contributed by atoms with Gasteiger partial charge in [0, 0.05) is 25.2 Å². The molecule has 1 heterocycles. The van der Waals surface area contributed by atoms with Gasteiger partial charge < -0.3 is 10.4 Å². The van der Waals surface area contributed by atoms with Crippen LogP contribution in [-0.4, -0.2) is 47.7 Å². The number of piperazine rings is 1. The molecule has 13 heavy (non-hydrogen) atoms. The predicted octanol–water partition coefficient (Wildman–Crippen LogP) is 0.175. The molecule has 0 unspecified atom stereocenters. The standard InChI is InChI=1S/C8H16N2O2.ClH/c1-6-3-9-4-7(2)10(6)5-8(11)12;/h6-7,9H,3-5H2,1-2H3,(H,11,12);1H/t6-,7+;. The van der Waals surface area contributed by atoms with E-state index in [4.69, 9.17) is 5.11 Å². The molecule has 0 spiro atoms. The highest BCUT2D eigenvalue weighted by atomic mass is 35.5. The van der Waals surface area contributed by atoms with Crippen LogP contribution in [0.25, 0.3) is 0 Å². The van der Waals surface area contributed by atoms with E-state index in [1.807, 2.05) is 18.7 Å². The van der Waals surface area contributed by atoms with E-state index in [0.717, 1.165) is 13.1 Å². The second-order valence-electron chi connectivity index (χ2n) is 3.42. The lowest BCUT2D eigenvalue weighted by atomic mass is 10.1. The maximum atomic E-state index is 10.5. The van der Waals surface area contributed by atoms with E-state index in [1.165, 1.54) is 0 Å². The monoisotopic (exact) mass is 208 g/mol. The third-order valence-electron chi connectivity index (χ3n) is 2.33. The van der Waals surface area contributed by atoms with Crippen molar-refractivity contribution in [2.24, 2.45) is 0 Å². The molecule has 2 N–H and O–H groups in total. The molecule has 1 aliphatic heterocycles. The fourth-order valence-electron chi connectivity index (χ4n) is 1.64. The molecule has 78 valence electrons. The van der Waals surface area contributed by atoms with Crippen molar-refractivity contribution in [1.82, 2.24) is 10.2 Å². The highest BCUT2D eigenvalue weighted by Gasteiger charge is 2.25. The van der Waals surface area contributed by atoms with E-state index in [0.29, 0.717) is 12.1 Å². The van der Waals surface area contributed by atoms with Gasteiger partial charge in [-0.05, 0) is 13.8 Å². The summed E-state index contributed by atoms with van der Waals surface area (Å²) in [6.45, 7) is 6.02. The summed E-state index contributed by atoms with van der Waals surface area (Å²) >= 11 is 0. The van der Waals surface area contributed by atoms with Gasteiger partial charge in [0.25, 0.3) is 0 Å². The normalized spacial score (nSPS) is 29.4. The molecule has 0 amide bonds. The van der Waals surface area contributed by atoms with Crippen molar-refractivity contribution >= 4 is 18.4 Å². The Hall–Kier alpha value is -0.320. The molecule has 1 saturated heterocycles. The number of nitrogens with zero attached hydrogens (tertiary/aromatic N) is 1. The lowest BCUT2D eigenvalue weighted by Crippen LogP contribution is -2.56. The van der Waals surface area contributed by atoms with Gasteiger partial charge in [-0.15, -0.1) is 12.4 Å². The van der Waals surface area contributed by atoms with Crippen LogP contribution in [-0.2, 0) is 4.79 Å². The second-order valence-corrected chi connectivity index (χ2v) is 3.42. The van der Waals surface area contributed by atoms with Gasteiger partial charge in [0.05, 0.1) is 6.54 Å². The summed E-state index contributed by atoms with van der Waals surface area (Å²) < 4.78 is 0. The molecule has 0 bridgehead atoms. The molecule has 5 heteroatoms. The quantitative estimate of drug-likeness (QED) is 0.680. The summed E-state index contributed by atoms with van der Waals surface area (Å²) in [5.74, 6) is -0.740. The van der Waals surface area contributed by atoms with Gasteiger partial charge in [-0.25, -0.2) is 0 Å². The Kier molecular flexibility index (Phi) is 5.29. The zero-order valence-electron chi connectivity index (χ0n) is 7.99. The number of carbonyl (C=O) groups is 1. The number of nitrogens with one attached hydrogen (secondary N) is 1. The lowest BCUT2D eigenvalue weighted by molar-refractivity contribution is -0.139. The lowest BCUT2D eigenvalue weighted by Gasteiger charge is -2.38. The van der Waals surface area contributed by atoms with Crippen LogP contribution in [0.5, 0.6) is 0 Å². The number of rotatable bonds is 2. The minimum absolute atomic E-state index is 0. The Morgan fingerprint density at radius 2 is 1.92 bits per heavy atom. The maximum absolute atomic E-state index is 10.5. The van der Waals surface area contributed by atoms with Crippen molar-refractivity contribution in [2.75, 3.05) is 19.6 Å². The second kappa shape index (κ2) is 5.42. The molecular weight excluding hydrogens is 192 g/mol. The van der Waals surface area contributed by atoms with Crippen molar-refractivity contribution in [2.45, 2.75) is 25.9 Å². The first kappa shape index (κ1) is 12.7. The van der Waals surface area contributed by atoms with Crippen LogP contribution < -0.4 is 5.32 Å². The van der Waals surface area contributed by atoms with Gasteiger partial charge in [0.2, 0.25) is 0 Å². The van der Waals surface area contributed by atoms with E-state index < -0.39 is 5.97 Å². The van der Waals surface area contributed by atoms with Gasteiger partial charge in [-0.3, -0.25) is 9.69 Å². The highest BCUT2D eigenvalue weighted by molar-refractivity contribution is 5.85. The summed E-state index contributed by atoms with van der Waals surface area (Å²) in [4.78, 5) is 12.5. The molecule has 0 saturated carbocycles. The van der Waals surface area contributed by atoms with Crippen LogP contribution in [0.15, 0.2) is 0 Å². The Balaban J connectivity index is 0.00000144. The van der Waals surface area contributed by atoms with E-state index in [1.54, 1.807) is 0 Å². The molecule has 0 aliphatic carbocycles. The molecule has 4 nitrogen and oxygen atoms in total. The number of halogens is 1. The molecule has 2 atom stereocenters. The first-order valence-corrected chi connectivity index (χ1v) is 4.29. The number of hydrogen-bond donors (Lipinski definition) is 2. The Labute approximate surface area is 84.7 Å². The smallest absolute Gasteiger partial charge is 0.317 e. The van der Waals surface area contributed by atoms with Crippen molar-refractivity contribution in [3.8, 4) is 0 Å². The van der Waals surface area contributed by atoms with Crippen molar-refractivity contribution < 1.29 is 9.90 Å². The van der Waals surface area contributed by atoms with E-state index in [2.05, 4.69) is 5.32 Å². The average Bonchev–Trinajstić information content (AvgIpc) is 1.97. The fraction of sp³-hybridized carbons (Fsp3) is 0.875. The predicted molar refractivity (Wildman–Crippen MR) is 53.4 cm³/mol. The zero-order chi connectivity index (χ0) is 9.14. The molecule has 1 aliphatic rings. The van der Waals surface area contributed by atoms with E-state index in [9.17, 15) is 4.79 Å². The van der Waals surface area contributed by atoms with Gasteiger partial charge in [0.15, 0.2) is 0 Å². The highest BCUT2D eigenvalue weighted by Crippen LogP contribution is 2.08. The topological polar surface area (TPSA) is 52.6 Å². The van der Waals surface area contributed by atoms with Crippen molar-refractivity contribution in [1.29, 1.82) is 0 Å². The molecule has 0 radical (unpaired) electrons. The number of carboxylic acids is 1. The molecule has 0 aromatic rings. The minimum atomic E-state index is -0.740. The van der Waals surface area contributed by atoms with Crippen LogP contribution in [0.1, 0.15) is 13.8 Å². The summed E-state index contributed by atoms with van der Waals surface area (Å²) in [5.41, 5.74) is 0. The van der Waals surface area contributed by atoms with Crippen LogP contribution in [0.2, 0.25) is 0 Å². The van der Waals surface area contributed by atoms with Gasteiger partial charge in [-0.1, -0.05) is 0 Å². The van der Waals surface area contributed by atoms with Gasteiger partial charge in [0.1, 0.15) is 0 Å². The third kappa shape index (κ3) is 3.50. The average molecular weight is 209 g/mol. The number of carboxylic acid groups (broad SMARTS) is 1. The Bertz CT molecular complexity index is 168. The molecular formula is C8H17ClN2O2. The summed E-state index contributed by atoms with van der Waals surface area (Å²) in [6.07, 6.45) is 0. The first-order chi connectivity index (χ1) is 5.61. The molecule has 0 aromatic heterocycles. The van der Waals surface area contributed by atoms with Gasteiger partial charge in [-0.2, -0.15) is 0 Å². The number of aliphatic carboxylic acids is 1. The van der Waals surface area contributed by atoms with Crippen LogP contribution >= 0.6 is 12.4 Å². The van der Waals surface area contributed by atoms with Crippen molar-refractivity contribution in [3.05, 3.63) is 0 Å². The molecule has 1 fully saturated rings. The third-order valence-corrected chi connectivity index (χ3v) is 2.33. The maximum Gasteiger partial charge on any atom is 0.317 e. The Morgan fingerprint density at radius 1 is 1.46 bits per heavy atom. The Morgan fingerprint density at radius 3 is 2.31 bits per heavy atom. The van der Waals surface area contributed by atoms with E-state index >= 15 is 0 Å². The van der Waals surface area contributed by atoms with Crippen molar-refractivity contribution in [3.63, 3.8) is 0 Å². The van der Waals surface area contributed by atoms with Crippen LogP contribution in [0, 0.1) is 0 Å². The summed E-state index contributed by atoms with van der Waals surface area (Å²) in [7, 11) is 0.